The summed E-state index contributed by atoms with van der Waals surface area (Å²) in [4.78, 5) is 36.7. The first-order chi connectivity index (χ1) is 11.6. The number of alkyl carbamates (subject to hydrolysis) is 1. The van der Waals surface area contributed by atoms with Gasteiger partial charge in [0.05, 0.1) is 0 Å². The predicted octanol–water partition coefficient (Wildman–Crippen LogP) is 1.94. The van der Waals surface area contributed by atoms with E-state index in [2.05, 4.69) is 10.6 Å². The van der Waals surface area contributed by atoms with Gasteiger partial charge in [0.2, 0.25) is 11.8 Å². The van der Waals surface area contributed by atoms with Gasteiger partial charge >= 0.3 is 6.09 Å². The first kappa shape index (κ1) is 21.6. The van der Waals surface area contributed by atoms with E-state index in [-0.39, 0.29) is 5.91 Å². The van der Waals surface area contributed by atoms with Crippen LogP contribution in [0.2, 0.25) is 0 Å². The van der Waals surface area contributed by atoms with Crippen molar-refractivity contribution in [2.45, 2.75) is 76.5 Å². The van der Waals surface area contributed by atoms with E-state index in [1.165, 1.54) is 0 Å². The summed E-state index contributed by atoms with van der Waals surface area (Å²) in [5.74, 6) is -0.209. The van der Waals surface area contributed by atoms with Crippen LogP contribution < -0.4 is 16.4 Å². The van der Waals surface area contributed by atoms with Gasteiger partial charge in [0.1, 0.15) is 17.2 Å². The van der Waals surface area contributed by atoms with E-state index in [0.29, 0.717) is 25.0 Å². The second kappa shape index (κ2) is 9.31. The number of ether oxygens (including phenoxy) is 1. The summed E-state index contributed by atoms with van der Waals surface area (Å²) >= 11 is 1.58. The second-order valence-electron chi connectivity index (χ2n) is 7.48. The molecule has 1 aliphatic rings. The summed E-state index contributed by atoms with van der Waals surface area (Å²) in [5.41, 5.74) is 3.90. The average molecular weight is 374 g/mol. The van der Waals surface area contributed by atoms with E-state index in [1.54, 1.807) is 32.5 Å². The zero-order valence-corrected chi connectivity index (χ0v) is 16.5. The molecule has 0 saturated heterocycles. The Morgan fingerprint density at radius 2 is 1.80 bits per heavy atom. The molecule has 8 heteroatoms. The van der Waals surface area contributed by atoms with Gasteiger partial charge in [-0.1, -0.05) is 19.3 Å². The number of thioether (sulfide) groups is 1. The summed E-state index contributed by atoms with van der Waals surface area (Å²) < 4.78 is 5.23. The number of hydrogen-bond acceptors (Lipinski definition) is 5. The molecule has 0 aromatic heterocycles. The maximum atomic E-state index is 12.7. The lowest BCUT2D eigenvalue weighted by Crippen LogP contribution is -2.62. The minimum absolute atomic E-state index is 0.388. The highest BCUT2D eigenvalue weighted by Crippen LogP contribution is 2.28. The molecule has 1 aliphatic carbocycles. The van der Waals surface area contributed by atoms with Crippen molar-refractivity contribution in [1.82, 2.24) is 10.6 Å². The maximum Gasteiger partial charge on any atom is 0.408 e. The van der Waals surface area contributed by atoms with Crippen molar-refractivity contribution >= 4 is 29.7 Å². The predicted molar refractivity (Wildman–Crippen MR) is 99.3 cm³/mol. The van der Waals surface area contributed by atoms with E-state index < -0.39 is 29.2 Å². The molecule has 1 fully saturated rings. The average Bonchev–Trinajstić information content (AvgIpc) is 2.50. The molecule has 3 amide bonds. The number of amides is 3. The summed E-state index contributed by atoms with van der Waals surface area (Å²) in [6, 6.07) is -0.763. The van der Waals surface area contributed by atoms with E-state index in [9.17, 15) is 14.4 Å². The molecule has 4 N–H and O–H groups in total. The second-order valence-corrected chi connectivity index (χ2v) is 8.46. The van der Waals surface area contributed by atoms with Gasteiger partial charge in [-0.2, -0.15) is 11.8 Å². The smallest absolute Gasteiger partial charge is 0.408 e. The van der Waals surface area contributed by atoms with Crippen molar-refractivity contribution in [2.24, 2.45) is 5.73 Å². The molecule has 1 rings (SSSR count). The molecule has 0 aliphatic heterocycles. The zero-order chi connectivity index (χ0) is 19.1. The first-order valence-electron chi connectivity index (χ1n) is 8.70. The minimum atomic E-state index is -1.01. The lowest BCUT2D eigenvalue weighted by Gasteiger charge is -2.36. The van der Waals surface area contributed by atoms with Crippen LogP contribution in [0.5, 0.6) is 0 Å². The Morgan fingerprint density at radius 1 is 1.20 bits per heavy atom. The topological polar surface area (TPSA) is 111 Å². The van der Waals surface area contributed by atoms with E-state index in [0.717, 1.165) is 19.3 Å². The summed E-state index contributed by atoms with van der Waals surface area (Å²) in [6.45, 7) is 5.27. The molecule has 0 unspecified atom stereocenters. The summed E-state index contributed by atoms with van der Waals surface area (Å²) in [5, 5.41) is 5.43. The highest BCUT2D eigenvalue weighted by molar-refractivity contribution is 7.98. The van der Waals surface area contributed by atoms with Crippen molar-refractivity contribution in [3.05, 3.63) is 0 Å². The Labute approximate surface area is 154 Å². The van der Waals surface area contributed by atoms with E-state index >= 15 is 0 Å². The fraction of sp³-hybridized carbons (Fsp3) is 0.824. The van der Waals surface area contributed by atoms with Crippen LogP contribution in [-0.2, 0) is 14.3 Å². The highest BCUT2D eigenvalue weighted by Gasteiger charge is 2.40. The Hall–Kier alpha value is -1.44. The third kappa shape index (κ3) is 7.13. The number of carbonyl (C=O) groups excluding carboxylic acids is 3. The number of nitrogens with one attached hydrogen (secondary N) is 2. The molecule has 0 heterocycles. The van der Waals surface area contributed by atoms with Gasteiger partial charge in [-0.25, -0.2) is 4.79 Å². The van der Waals surface area contributed by atoms with Crippen LogP contribution >= 0.6 is 11.8 Å². The van der Waals surface area contributed by atoms with Crippen LogP contribution in [0.15, 0.2) is 0 Å². The molecule has 0 aromatic rings. The van der Waals surface area contributed by atoms with Crippen LogP contribution in [0, 0.1) is 0 Å². The normalized spacial score (nSPS) is 18.1. The zero-order valence-electron chi connectivity index (χ0n) is 15.6. The molecular formula is C17H31N3O4S. The summed E-state index contributed by atoms with van der Waals surface area (Å²) in [7, 11) is 0. The van der Waals surface area contributed by atoms with E-state index in [4.69, 9.17) is 10.5 Å². The Balaban J connectivity index is 2.80. The molecular weight excluding hydrogens is 342 g/mol. The lowest BCUT2D eigenvalue weighted by atomic mass is 9.81. The van der Waals surface area contributed by atoms with Gasteiger partial charge in [-0.3, -0.25) is 9.59 Å². The van der Waals surface area contributed by atoms with Gasteiger partial charge in [0.25, 0.3) is 0 Å². The van der Waals surface area contributed by atoms with Crippen molar-refractivity contribution in [1.29, 1.82) is 0 Å². The molecule has 144 valence electrons. The van der Waals surface area contributed by atoms with Gasteiger partial charge in [0.15, 0.2) is 0 Å². The lowest BCUT2D eigenvalue weighted by molar-refractivity contribution is -0.134. The van der Waals surface area contributed by atoms with Gasteiger partial charge in [-0.15, -0.1) is 0 Å². The first-order valence-corrected chi connectivity index (χ1v) is 10.1. The molecule has 1 atom stereocenters. The van der Waals surface area contributed by atoms with Gasteiger partial charge in [0, 0.05) is 0 Å². The Morgan fingerprint density at radius 3 is 2.28 bits per heavy atom. The minimum Gasteiger partial charge on any atom is -0.444 e. The monoisotopic (exact) mass is 373 g/mol. The number of hydrogen-bond donors (Lipinski definition) is 3. The molecule has 7 nitrogen and oxygen atoms in total. The van der Waals surface area contributed by atoms with Gasteiger partial charge < -0.3 is 21.1 Å². The largest absolute Gasteiger partial charge is 0.444 e. The highest BCUT2D eigenvalue weighted by atomic mass is 32.2. The van der Waals surface area contributed by atoms with Crippen molar-refractivity contribution in [3.8, 4) is 0 Å². The maximum absolute atomic E-state index is 12.7. The van der Waals surface area contributed by atoms with E-state index in [1.807, 2.05) is 6.26 Å². The van der Waals surface area contributed by atoms with Crippen LogP contribution in [0.1, 0.15) is 59.3 Å². The van der Waals surface area contributed by atoms with Crippen LogP contribution in [0.25, 0.3) is 0 Å². The number of nitrogens with two attached hydrogens (primary N) is 1. The molecule has 25 heavy (non-hydrogen) atoms. The van der Waals surface area contributed by atoms with Crippen molar-refractivity contribution in [3.63, 3.8) is 0 Å². The Bertz CT molecular complexity index is 485. The third-order valence-corrected chi connectivity index (χ3v) is 4.80. The van der Waals surface area contributed by atoms with Crippen LogP contribution in [0.3, 0.4) is 0 Å². The fourth-order valence-electron chi connectivity index (χ4n) is 2.87. The van der Waals surface area contributed by atoms with Crippen molar-refractivity contribution < 1.29 is 19.1 Å². The van der Waals surface area contributed by atoms with Crippen LogP contribution in [0.4, 0.5) is 4.79 Å². The number of primary amides is 1. The number of rotatable bonds is 7. The SMILES string of the molecule is CSCC[C@H](NC(=O)OC(C)(C)C)C(=O)NC1(C(N)=O)CCCCC1. The quantitative estimate of drug-likeness (QED) is 0.631. The number of carbonyl (C=O) groups is 3. The molecule has 0 bridgehead atoms. The molecule has 0 spiro atoms. The Kier molecular flexibility index (Phi) is 8.05. The molecule has 0 aromatic carbocycles. The van der Waals surface area contributed by atoms with Crippen LogP contribution in [-0.4, -0.2) is 47.1 Å². The third-order valence-electron chi connectivity index (χ3n) is 4.16. The molecule has 0 radical (unpaired) electrons. The standard InChI is InChI=1S/C17H31N3O4S/c1-16(2,3)24-15(23)19-12(8-11-25-4)13(21)20-17(14(18)22)9-6-5-7-10-17/h12H,5-11H2,1-4H3,(H2,18,22)(H,19,23)(H,20,21)/t12-/m0/s1. The molecule has 1 saturated carbocycles. The van der Waals surface area contributed by atoms with Crippen molar-refractivity contribution in [2.75, 3.05) is 12.0 Å². The summed E-state index contributed by atoms with van der Waals surface area (Å²) in [6.07, 6.45) is 5.51. The fourth-order valence-corrected chi connectivity index (χ4v) is 3.34. The van der Waals surface area contributed by atoms with Gasteiger partial charge in [-0.05, 0) is 52.0 Å².